The van der Waals surface area contributed by atoms with E-state index in [0.717, 1.165) is 43.4 Å². The van der Waals surface area contributed by atoms with Gasteiger partial charge < -0.3 is 9.64 Å². The molecule has 0 aromatic heterocycles. The first-order chi connectivity index (χ1) is 24.0. The third-order valence-electron chi connectivity index (χ3n) is 14.9. The molecular formula is C44H73N3O5. The summed E-state index contributed by atoms with van der Waals surface area (Å²) in [7, 11) is 5.12. The third-order valence-corrected chi connectivity index (χ3v) is 14.9. The average Bonchev–Trinajstić information content (AvgIpc) is 3.41. The molecule has 0 heterocycles. The Morgan fingerprint density at radius 2 is 1.40 bits per heavy atom. The Balaban J connectivity index is 1.32. The molecule has 0 aromatic carbocycles. The van der Waals surface area contributed by atoms with Gasteiger partial charge in [-0.1, -0.05) is 70.8 Å². The predicted molar refractivity (Wildman–Crippen MR) is 210 cm³/mol. The van der Waals surface area contributed by atoms with Gasteiger partial charge in [0.05, 0.1) is 30.7 Å². The van der Waals surface area contributed by atoms with Crippen LogP contribution >= 0.6 is 0 Å². The number of fused-ring (bicyclic) bond motifs is 5. The first-order valence-electron chi connectivity index (χ1n) is 20.4. The van der Waals surface area contributed by atoms with Gasteiger partial charge in [0.15, 0.2) is 11.6 Å². The number of Topliss-reactive ketones (excluding diaryl/α,β-unsaturated/α-hetero) is 2. The lowest BCUT2D eigenvalue weighted by Gasteiger charge is -2.58. The summed E-state index contributed by atoms with van der Waals surface area (Å²) in [6, 6.07) is 0. The molecule has 1 amide bonds. The number of carbonyl (C=O) groups excluding carboxylic acids is 4. The van der Waals surface area contributed by atoms with E-state index in [1.807, 2.05) is 13.8 Å². The summed E-state index contributed by atoms with van der Waals surface area (Å²) in [6.45, 7) is 20.9. The summed E-state index contributed by atoms with van der Waals surface area (Å²) in [4.78, 5) is 56.5. The van der Waals surface area contributed by atoms with Crippen molar-refractivity contribution in [1.29, 1.82) is 0 Å². The molecule has 8 heteroatoms. The zero-order chi connectivity index (χ0) is 39.0. The molecule has 7 atom stereocenters. The highest BCUT2D eigenvalue weighted by Crippen LogP contribution is 2.66. The standard InChI is InChI=1S/C44H73N3O5/c1-29(2)15-14-16-30(3)35-19-20-36-34-18-17-32-25-33(21-23-43(32,9)37(34)22-24-44(35,36)10)52-40(51)28-47(13)42(7,8)39(50)27-46(12)41(5,6)38(49)26-45(11)31(4)48/h17,19,29-30,33-34,36-37H,14-16,18,20-28H2,1-13H3/t30-,33+,34+,36+,37?,43+,44-/m1/s1. The van der Waals surface area contributed by atoms with Crippen molar-refractivity contribution in [3.05, 3.63) is 23.3 Å². The highest BCUT2D eigenvalue weighted by Gasteiger charge is 2.57. The maximum Gasteiger partial charge on any atom is 0.320 e. The number of hydrogen-bond donors (Lipinski definition) is 0. The fraction of sp³-hybridized carbons (Fsp3) is 0.818. The number of carbonyl (C=O) groups is 4. The SMILES string of the molecule is CC(=O)N(C)CC(=O)C(C)(C)N(C)CC(=O)C(C)(C)N(C)CC(=O)O[C@H]1CC[C@@]2(C)C(=CC[C@@H]3C2CC[C@]2(C)C([C@H](C)CCCC(C)C)=CC[C@@H]32)C1. The summed E-state index contributed by atoms with van der Waals surface area (Å²) >= 11 is 0. The van der Waals surface area contributed by atoms with E-state index >= 15 is 0 Å². The normalized spacial score (nSPS) is 29.5. The third kappa shape index (κ3) is 8.64. The predicted octanol–water partition coefficient (Wildman–Crippen LogP) is 7.90. The molecule has 4 aliphatic rings. The van der Waals surface area contributed by atoms with E-state index in [0.29, 0.717) is 17.3 Å². The maximum atomic E-state index is 13.6. The molecule has 0 bridgehead atoms. The molecule has 4 rings (SSSR count). The van der Waals surface area contributed by atoms with Gasteiger partial charge in [-0.15, -0.1) is 0 Å². The van der Waals surface area contributed by atoms with E-state index in [1.54, 1.807) is 50.4 Å². The van der Waals surface area contributed by atoms with Crippen molar-refractivity contribution in [2.24, 2.45) is 40.4 Å². The molecule has 0 spiro atoms. The van der Waals surface area contributed by atoms with Crippen LogP contribution in [0.25, 0.3) is 0 Å². The van der Waals surface area contributed by atoms with Crippen molar-refractivity contribution < 1.29 is 23.9 Å². The van der Waals surface area contributed by atoms with Crippen molar-refractivity contribution in [3.8, 4) is 0 Å². The average molecular weight is 724 g/mol. The van der Waals surface area contributed by atoms with Gasteiger partial charge in [-0.25, -0.2) is 0 Å². The summed E-state index contributed by atoms with van der Waals surface area (Å²) in [5, 5.41) is 0. The number of hydrogen-bond acceptors (Lipinski definition) is 7. The van der Waals surface area contributed by atoms with Crippen molar-refractivity contribution in [2.45, 2.75) is 151 Å². The van der Waals surface area contributed by atoms with Crippen molar-refractivity contribution in [3.63, 3.8) is 0 Å². The number of nitrogens with zero attached hydrogens (tertiary/aromatic N) is 3. The van der Waals surface area contributed by atoms with Crippen LogP contribution in [0.3, 0.4) is 0 Å². The summed E-state index contributed by atoms with van der Waals surface area (Å²) in [6.07, 6.45) is 16.7. The van der Waals surface area contributed by atoms with Gasteiger partial charge in [-0.05, 0) is 127 Å². The smallest absolute Gasteiger partial charge is 0.320 e. The molecule has 8 nitrogen and oxygen atoms in total. The Morgan fingerprint density at radius 1 is 0.808 bits per heavy atom. The maximum absolute atomic E-state index is 13.6. The second-order valence-electron chi connectivity index (χ2n) is 19.2. The summed E-state index contributed by atoms with van der Waals surface area (Å²) in [5.74, 6) is 2.87. The fourth-order valence-electron chi connectivity index (χ4n) is 10.2. The second kappa shape index (κ2) is 16.2. The van der Waals surface area contributed by atoms with Crippen LogP contribution in [0, 0.1) is 40.4 Å². The van der Waals surface area contributed by atoms with Gasteiger partial charge in [0.2, 0.25) is 5.91 Å². The van der Waals surface area contributed by atoms with Crippen molar-refractivity contribution in [1.82, 2.24) is 14.7 Å². The van der Waals surface area contributed by atoms with Gasteiger partial charge >= 0.3 is 5.97 Å². The van der Waals surface area contributed by atoms with Crippen LogP contribution < -0.4 is 0 Å². The molecule has 1 unspecified atom stereocenters. The second-order valence-corrected chi connectivity index (χ2v) is 19.2. The Morgan fingerprint density at radius 3 is 2.02 bits per heavy atom. The van der Waals surface area contributed by atoms with Crippen LogP contribution in [0.1, 0.15) is 133 Å². The first kappa shape index (κ1) is 42.4. The monoisotopic (exact) mass is 724 g/mol. The fourth-order valence-corrected chi connectivity index (χ4v) is 10.2. The minimum Gasteiger partial charge on any atom is -0.461 e. The molecule has 0 saturated heterocycles. The Hall–Kier alpha value is -2.32. The molecule has 4 aliphatic carbocycles. The van der Waals surface area contributed by atoms with Crippen LogP contribution in [0.5, 0.6) is 0 Å². The van der Waals surface area contributed by atoms with Crippen molar-refractivity contribution >= 4 is 23.4 Å². The van der Waals surface area contributed by atoms with E-state index in [9.17, 15) is 19.2 Å². The van der Waals surface area contributed by atoms with Gasteiger partial charge in [0.1, 0.15) is 6.10 Å². The van der Waals surface area contributed by atoms with E-state index in [4.69, 9.17) is 4.74 Å². The van der Waals surface area contributed by atoms with Crippen LogP contribution in [0.4, 0.5) is 0 Å². The van der Waals surface area contributed by atoms with Crippen molar-refractivity contribution in [2.75, 3.05) is 40.8 Å². The topological polar surface area (TPSA) is 87.2 Å². The van der Waals surface area contributed by atoms with Gasteiger partial charge in [0, 0.05) is 20.4 Å². The number of allylic oxidation sites excluding steroid dienone is 3. The van der Waals surface area contributed by atoms with Crippen LogP contribution in [0.15, 0.2) is 23.3 Å². The molecule has 0 N–H and O–H groups in total. The number of esters is 1. The highest BCUT2D eigenvalue weighted by molar-refractivity contribution is 5.94. The molecule has 2 fully saturated rings. The summed E-state index contributed by atoms with van der Waals surface area (Å²) in [5.41, 5.74) is 1.86. The lowest BCUT2D eigenvalue weighted by atomic mass is 9.47. The lowest BCUT2D eigenvalue weighted by molar-refractivity contribution is -0.154. The van der Waals surface area contributed by atoms with Gasteiger partial charge in [-0.3, -0.25) is 29.0 Å². The van der Waals surface area contributed by atoms with Gasteiger partial charge in [-0.2, -0.15) is 0 Å². The lowest BCUT2D eigenvalue weighted by Crippen LogP contribution is -2.58. The van der Waals surface area contributed by atoms with E-state index in [-0.39, 0.29) is 54.6 Å². The number of rotatable bonds is 16. The zero-order valence-electron chi connectivity index (χ0n) is 35.2. The Labute approximate surface area is 316 Å². The van der Waals surface area contributed by atoms with Crippen LogP contribution in [-0.2, 0) is 23.9 Å². The highest BCUT2D eigenvalue weighted by atomic mass is 16.5. The molecule has 294 valence electrons. The minimum absolute atomic E-state index is 0.0111. The molecular weight excluding hydrogens is 651 g/mol. The van der Waals surface area contributed by atoms with Crippen LogP contribution in [0.2, 0.25) is 0 Å². The summed E-state index contributed by atoms with van der Waals surface area (Å²) < 4.78 is 6.13. The largest absolute Gasteiger partial charge is 0.461 e. The molecule has 52 heavy (non-hydrogen) atoms. The van der Waals surface area contributed by atoms with Crippen LogP contribution in [-0.4, -0.2) is 96.1 Å². The Bertz CT molecular complexity index is 1410. The number of ether oxygens (including phenoxy) is 1. The number of amides is 1. The molecule has 0 aliphatic heterocycles. The molecule has 2 saturated carbocycles. The number of likely N-dealkylation sites (N-methyl/N-ethyl adjacent to an activating group) is 3. The minimum atomic E-state index is -0.953. The number of ketones is 2. The van der Waals surface area contributed by atoms with E-state index in [2.05, 4.69) is 46.8 Å². The van der Waals surface area contributed by atoms with Gasteiger partial charge in [0.25, 0.3) is 0 Å². The quantitative estimate of drug-likeness (QED) is 0.118. The molecule has 0 aromatic rings. The van der Waals surface area contributed by atoms with E-state index in [1.165, 1.54) is 55.9 Å². The Kier molecular flexibility index (Phi) is 13.2. The van der Waals surface area contributed by atoms with E-state index < -0.39 is 11.1 Å². The molecule has 0 radical (unpaired) electrons. The first-order valence-corrected chi connectivity index (χ1v) is 20.4. The zero-order valence-corrected chi connectivity index (χ0v) is 35.2.